The molecule has 0 spiro atoms. The zero-order valence-corrected chi connectivity index (χ0v) is 12.0. The van der Waals surface area contributed by atoms with Crippen molar-refractivity contribution < 1.29 is 39.1 Å². The van der Waals surface area contributed by atoms with Gasteiger partial charge < -0.3 is 4.55 Å². The lowest BCUT2D eigenvalue weighted by Gasteiger charge is -2.08. The molecule has 1 aromatic heterocycles. The average molecular weight is 349 g/mol. The number of aryl methyl sites for hydroxylation is 1. The maximum absolute atomic E-state index is 11.3. The van der Waals surface area contributed by atoms with Gasteiger partial charge in [0.1, 0.15) is 12.4 Å². The zero-order valence-electron chi connectivity index (χ0n) is 10.4. The second-order valence-electron chi connectivity index (χ2n) is 3.34. The third-order valence-electron chi connectivity index (χ3n) is 1.66. The Balaban J connectivity index is 0.000000433. The number of nitrogens with one attached hydrogen (secondary N) is 1. The minimum absolute atomic E-state index is 0.00969. The highest BCUT2D eigenvalue weighted by Gasteiger charge is 2.36. The molecule has 0 saturated carbocycles. The van der Waals surface area contributed by atoms with Gasteiger partial charge in [0, 0.05) is 0 Å². The Morgan fingerprint density at radius 2 is 1.86 bits per heavy atom. The molecular weight excluding hydrogens is 339 g/mol. The summed E-state index contributed by atoms with van der Waals surface area (Å²) in [6, 6.07) is 0. The Morgan fingerprint density at radius 1 is 1.38 bits per heavy atom. The van der Waals surface area contributed by atoms with E-state index in [1.54, 1.807) is 17.8 Å². The van der Waals surface area contributed by atoms with E-state index in [1.165, 1.54) is 12.5 Å². The number of terminal acetylenes is 1. The SMILES string of the molecule is C#CCNS(=O)(=O)n1cc[n+](C)c1.O=S(=O)([O-])C(F)(F)F. The van der Waals surface area contributed by atoms with Crippen molar-refractivity contribution in [3.63, 3.8) is 0 Å². The van der Waals surface area contributed by atoms with Crippen LogP contribution in [0.2, 0.25) is 0 Å². The molecule has 0 amide bonds. The molecular formula is C8H10F3N3O5S2. The van der Waals surface area contributed by atoms with E-state index in [-0.39, 0.29) is 6.54 Å². The van der Waals surface area contributed by atoms with Crippen LogP contribution in [-0.2, 0) is 27.4 Å². The summed E-state index contributed by atoms with van der Waals surface area (Å²) < 4.78 is 86.5. The fourth-order valence-corrected chi connectivity index (χ4v) is 1.68. The highest BCUT2D eigenvalue weighted by Crippen LogP contribution is 2.20. The van der Waals surface area contributed by atoms with Crippen LogP contribution in [0.15, 0.2) is 18.7 Å². The maximum Gasteiger partial charge on any atom is 0.485 e. The highest BCUT2D eigenvalue weighted by molar-refractivity contribution is 7.88. The molecule has 21 heavy (non-hydrogen) atoms. The van der Waals surface area contributed by atoms with E-state index in [4.69, 9.17) is 19.4 Å². The fourth-order valence-electron chi connectivity index (χ4n) is 0.777. The van der Waals surface area contributed by atoms with Crippen LogP contribution in [0.4, 0.5) is 13.2 Å². The first-order valence-electron chi connectivity index (χ1n) is 4.80. The number of alkyl halides is 3. The first-order chi connectivity index (χ1) is 9.31. The van der Waals surface area contributed by atoms with Crippen molar-refractivity contribution in [3.8, 4) is 12.3 Å². The third-order valence-corrected chi connectivity index (χ3v) is 3.51. The van der Waals surface area contributed by atoms with E-state index in [9.17, 15) is 21.6 Å². The molecule has 0 saturated heterocycles. The molecule has 13 heteroatoms. The summed E-state index contributed by atoms with van der Waals surface area (Å²) in [5.74, 6) is 2.19. The molecule has 0 unspecified atom stereocenters. The number of imidazole rings is 1. The average Bonchev–Trinajstić information content (AvgIpc) is 2.72. The number of hydrogen-bond donors (Lipinski definition) is 1. The van der Waals surface area contributed by atoms with Gasteiger partial charge in [-0.2, -0.15) is 26.3 Å². The molecule has 120 valence electrons. The van der Waals surface area contributed by atoms with E-state index < -0.39 is 25.8 Å². The Kier molecular flexibility index (Phi) is 6.36. The van der Waals surface area contributed by atoms with Crippen molar-refractivity contribution in [2.45, 2.75) is 5.51 Å². The van der Waals surface area contributed by atoms with Crippen LogP contribution in [0.25, 0.3) is 0 Å². The standard InChI is InChI=1S/C7H10N3O2S.CHF3O3S/c1-3-4-8-13(11,12)10-6-5-9(2)7-10;2-1(3,4)8(5,6)7/h1,5-8H,4H2,2H3;(H,5,6,7)/q+1;/p-1. The molecule has 0 fully saturated rings. The van der Waals surface area contributed by atoms with Gasteiger partial charge in [-0.15, -0.1) is 10.4 Å². The van der Waals surface area contributed by atoms with Gasteiger partial charge in [-0.05, 0) is 0 Å². The summed E-state index contributed by atoms with van der Waals surface area (Å²) >= 11 is 0. The molecule has 0 atom stereocenters. The molecule has 0 aliphatic rings. The molecule has 0 aromatic carbocycles. The van der Waals surface area contributed by atoms with Gasteiger partial charge in [0.2, 0.25) is 0 Å². The number of hydrogen-bond acceptors (Lipinski definition) is 5. The topological polar surface area (TPSA) is 112 Å². The van der Waals surface area contributed by atoms with Crippen molar-refractivity contribution in [1.29, 1.82) is 0 Å². The summed E-state index contributed by atoms with van der Waals surface area (Å²) in [5, 5.41) is 0. The monoisotopic (exact) mass is 349 g/mol. The first-order valence-corrected chi connectivity index (χ1v) is 7.65. The highest BCUT2D eigenvalue weighted by atomic mass is 32.2. The molecule has 1 N–H and O–H groups in total. The number of rotatable bonds is 3. The van der Waals surface area contributed by atoms with E-state index in [1.807, 2.05) is 0 Å². The van der Waals surface area contributed by atoms with Crippen LogP contribution in [-0.4, -0.2) is 37.4 Å². The summed E-state index contributed by atoms with van der Waals surface area (Å²) in [6.07, 6.45) is 9.41. The number of halogens is 3. The van der Waals surface area contributed by atoms with E-state index in [0.29, 0.717) is 0 Å². The predicted molar refractivity (Wildman–Crippen MR) is 62.5 cm³/mol. The zero-order chi connectivity index (χ0) is 16.9. The van der Waals surface area contributed by atoms with Gasteiger partial charge in [0.05, 0.1) is 13.6 Å². The van der Waals surface area contributed by atoms with Crippen molar-refractivity contribution >= 4 is 20.3 Å². The van der Waals surface area contributed by atoms with Crippen molar-refractivity contribution in [3.05, 3.63) is 18.7 Å². The third kappa shape index (κ3) is 6.58. The summed E-state index contributed by atoms with van der Waals surface area (Å²) in [7, 11) is -7.86. The first kappa shape index (κ1) is 19.4. The lowest BCUT2D eigenvalue weighted by molar-refractivity contribution is -0.670. The van der Waals surface area contributed by atoms with E-state index in [2.05, 4.69) is 10.6 Å². The van der Waals surface area contributed by atoms with Crippen LogP contribution in [0, 0.1) is 12.3 Å². The lowest BCUT2D eigenvalue weighted by atomic mass is 10.7. The maximum atomic E-state index is 11.3. The number of nitrogens with zero attached hydrogens (tertiary/aromatic N) is 2. The quantitative estimate of drug-likeness (QED) is 0.315. The van der Waals surface area contributed by atoms with Crippen molar-refractivity contribution in [2.75, 3.05) is 6.54 Å². The summed E-state index contributed by atoms with van der Waals surface area (Å²) in [6.45, 7) is -0.00969. The largest absolute Gasteiger partial charge is 0.741 e. The van der Waals surface area contributed by atoms with Crippen LogP contribution in [0.5, 0.6) is 0 Å². The molecule has 0 bridgehead atoms. The Hall–Kier alpha value is -1.62. The Morgan fingerprint density at radius 3 is 2.14 bits per heavy atom. The number of aromatic nitrogens is 2. The summed E-state index contributed by atoms with van der Waals surface area (Å²) in [5.41, 5.74) is -5.65. The van der Waals surface area contributed by atoms with Gasteiger partial charge in [0.25, 0.3) is 6.33 Å². The smallest absolute Gasteiger partial charge is 0.485 e. The minimum atomic E-state index is -6.09. The molecule has 8 nitrogen and oxygen atoms in total. The minimum Gasteiger partial charge on any atom is -0.741 e. The molecule has 0 aliphatic heterocycles. The molecule has 1 rings (SSSR count). The van der Waals surface area contributed by atoms with E-state index >= 15 is 0 Å². The normalized spacial score (nSPS) is 12.2. The van der Waals surface area contributed by atoms with Gasteiger partial charge in [-0.3, -0.25) is 0 Å². The molecule has 1 heterocycles. The van der Waals surface area contributed by atoms with Crippen LogP contribution >= 0.6 is 0 Å². The van der Waals surface area contributed by atoms with Crippen LogP contribution in [0.3, 0.4) is 0 Å². The van der Waals surface area contributed by atoms with Gasteiger partial charge in [0.15, 0.2) is 10.1 Å². The predicted octanol–water partition coefficient (Wildman–Crippen LogP) is -1.32. The van der Waals surface area contributed by atoms with Gasteiger partial charge in [-0.25, -0.2) is 13.0 Å². The van der Waals surface area contributed by atoms with Crippen LogP contribution < -0.4 is 9.29 Å². The summed E-state index contributed by atoms with van der Waals surface area (Å²) in [4.78, 5) is 0. The molecule has 0 aliphatic carbocycles. The Labute approximate surface area is 119 Å². The molecule has 1 aromatic rings. The van der Waals surface area contributed by atoms with Crippen molar-refractivity contribution in [1.82, 2.24) is 8.69 Å². The Bertz CT molecular complexity index is 715. The molecule has 0 radical (unpaired) electrons. The van der Waals surface area contributed by atoms with Crippen molar-refractivity contribution in [2.24, 2.45) is 7.05 Å². The van der Waals surface area contributed by atoms with E-state index in [0.717, 1.165) is 3.97 Å². The lowest BCUT2D eigenvalue weighted by Crippen LogP contribution is -2.31. The fraction of sp³-hybridized carbons (Fsp3) is 0.375. The van der Waals surface area contributed by atoms with Gasteiger partial charge >= 0.3 is 15.7 Å². The van der Waals surface area contributed by atoms with Crippen LogP contribution in [0.1, 0.15) is 0 Å². The second kappa shape index (κ2) is 6.89. The van der Waals surface area contributed by atoms with Gasteiger partial charge in [-0.1, -0.05) is 5.92 Å². The second-order valence-corrected chi connectivity index (χ2v) is 6.37.